The molecule has 21 heavy (non-hydrogen) atoms. The van der Waals surface area contributed by atoms with Gasteiger partial charge in [-0.3, -0.25) is 4.90 Å². The van der Waals surface area contributed by atoms with Crippen molar-refractivity contribution in [3.8, 4) is 6.07 Å². The van der Waals surface area contributed by atoms with Gasteiger partial charge in [-0.15, -0.1) is 0 Å². The van der Waals surface area contributed by atoms with Gasteiger partial charge < -0.3 is 5.32 Å². The average Bonchev–Trinajstić information content (AvgIpc) is 3.04. The van der Waals surface area contributed by atoms with Crippen LogP contribution in [0.15, 0.2) is 18.2 Å². The molecule has 4 heteroatoms. The van der Waals surface area contributed by atoms with Gasteiger partial charge in [0.05, 0.1) is 11.6 Å². The van der Waals surface area contributed by atoms with Crippen molar-refractivity contribution in [1.29, 1.82) is 5.26 Å². The molecule has 0 radical (unpaired) electrons. The van der Waals surface area contributed by atoms with Crippen LogP contribution in [-0.4, -0.2) is 30.6 Å². The maximum absolute atomic E-state index is 13.8. The van der Waals surface area contributed by atoms with Crippen LogP contribution >= 0.6 is 0 Å². The second kappa shape index (κ2) is 6.55. The zero-order chi connectivity index (χ0) is 14.7. The Morgan fingerprint density at radius 1 is 1.29 bits per heavy atom. The van der Waals surface area contributed by atoms with Gasteiger partial charge in [0.25, 0.3) is 0 Å². The second-order valence-electron chi connectivity index (χ2n) is 6.23. The van der Waals surface area contributed by atoms with Crippen molar-refractivity contribution >= 4 is 0 Å². The first kappa shape index (κ1) is 14.5. The monoisotopic (exact) mass is 287 g/mol. The summed E-state index contributed by atoms with van der Waals surface area (Å²) in [5, 5.41) is 12.5. The summed E-state index contributed by atoms with van der Waals surface area (Å²) in [5.41, 5.74) is 1.18. The highest BCUT2D eigenvalue weighted by Gasteiger charge is 2.28. The molecule has 112 valence electrons. The average molecular weight is 287 g/mol. The molecule has 2 heterocycles. The van der Waals surface area contributed by atoms with E-state index in [1.165, 1.54) is 37.8 Å². The Kier molecular flexibility index (Phi) is 4.52. The van der Waals surface area contributed by atoms with Gasteiger partial charge in [-0.1, -0.05) is 0 Å². The van der Waals surface area contributed by atoms with Gasteiger partial charge in [-0.2, -0.15) is 5.26 Å². The number of benzene rings is 1. The summed E-state index contributed by atoms with van der Waals surface area (Å²) in [4.78, 5) is 2.31. The molecule has 1 atom stereocenters. The minimum absolute atomic E-state index is 0.200. The molecule has 3 nitrogen and oxygen atoms in total. The molecular weight excluding hydrogens is 265 g/mol. The molecule has 0 aliphatic carbocycles. The molecule has 2 saturated heterocycles. The molecule has 1 aromatic rings. The van der Waals surface area contributed by atoms with Crippen LogP contribution in [0.4, 0.5) is 4.39 Å². The van der Waals surface area contributed by atoms with Gasteiger partial charge in [-0.05, 0) is 69.4 Å². The summed E-state index contributed by atoms with van der Waals surface area (Å²) in [6.45, 7) is 3.83. The van der Waals surface area contributed by atoms with E-state index in [4.69, 9.17) is 5.26 Å². The Labute approximate surface area is 125 Å². The lowest BCUT2D eigenvalue weighted by atomic mass is 9.88. The summed E-state index contributed by atoms with van der Waals surface area (Å²) in [7, 11) is 0. The Morgan fingerprint density at radius 3 is 2.76 bits per heavy atom. The molecule has 1 aromatic carbocycles. The molecule has 0 bridgehead atoms. The molecule has 3 rings (SSSR count). The van der Waals surface area contributed by atoms with E-state index in [0.717, 1.165) is 25.6 Å². The van der Waals surface area contributed by atoms with E-state index in [1.54, 1.807) is 6.07 Å². The minimum Gasteiger partial charge on any atom is -0.314 e. The number of likely N-dealkylation sites (tertiary alicyclic amines) is 1. The zero-order valence-electron chi connectivity index (χ0n) is 12.3. The lowest BCUT2D eigenvalue weighted by Gasteiger charge is -2.35. The number of nitrogens with zero attached hydrogens (tertiary/aromatic N) is 2. The molecule has 0 saturated carbocycles. The van der Waals surface area contributed by atoms with E-state index in [9.17, 15) is 4.39 Å². The number of nitrogens with one attached hydrogen (secondary N) is 1. The lowest BCUT2D eigenvalue weighted by Crippen LogP contribution is -2.40. The first-order valence-electron chi connectivity index (χ1n) is 7.90. The fraction of sp³-hybridized carbons (Fsp3) is 0.588. The number of rotatable bonds is 3. The van der Waals surface area contributed by atoms with Crippen LogP contribution in [0.3, 0.4) is 0 Å². The van der Waals surface area contributed by atoms with Crippen molar-refractivity contribution in [1.82, 2.24) is 10.2 Å². The van der Waals surface area contributed by atoms with Gasteiger partial charge >= 0.3 is 0 Å². The minimum atomic E-state index is -0.200. The third kappa shape index (κ3) is 3.42. The van der Waals surface area contributed by atoms with Gasteiger partial charge in [0.1, 0.15) is 5.82 Å². The third-order valence-corrected chi connectivity index (χ3v) is 4.87. The normalized spacial score (nSPS) is 24.1. The molecule has 2 aliphatic rings. The molecule has 1 unspecified atom stereocenters. The van der Waals surface area contributed by atoms with E-state index in [2.05, 4.69) is 16.3 Å². The lowest BCUT2D eigenvalue weighted by molar-refractivity contribution is 0.156. The molecule has 0 amide bonds. The molecule has 0 aromatic heterocycles. The maximum atomic E-state index is 13.8. The second-order valence-corrected chi connectivity index (χ2v) is 6.23. The van der Waals surface area contributed by atoms with Crippen LogP contribution in [0, 0.1) is 23.1 Å². The van der Waals surface area contributed by atoms with Crippen molar-refractivity contribution in [2.75, 3.05) is 19.6 Å². The summed E-state index contributed by atoms with van der Waals surface area (Å²) in [6, 6.07) is 7.41. The van der Waals surface area contributed by atoms with Crippen molar-refractivity contribution < 1.29 is 4.39 Å². The Bertz CT molecular complexity index is 523. The number of hydrogen-bond donors (Lipinski definition) is 1. The smallest absolute Gasteiger partial charge is 0.127 e. The van der Waals surface area contributed by atoms with Crippen LogP contribution in [0.25, 0.3) is 0 Å². The van der Waals surface area contributed by atoms with E-state index in [0.29, 0.717) is 23.7 Å². The van der Waals surface area contributed by atoms with Crippen LogP contribution in [0.2, 0.25) is 0 Å². The first-order valence-corrected chi connectivity index (χ1v) is 7.90. The van der Waals surface area contributed by atoms with Crippen LogP contribution < -0.4 is 5.32 Å². The van der Waals surface area contributed by atoms with Gasteiger partial charge in [0.15, 0.2) is 0 Å². The highest BCUT2D eigenvalue weighted by atomic mass is 19.1. The topological polar surface area (TPSA) is 39.1 Å². The van der Waals surface area contributed by atoms with E-state index >= 15 is 0 Å². The molecule has 2 aliphatic heterocycles. The summed E-state index contributed by atoms with van der Waals surface area (Å²) in [5.74, 6) is 0.577. The Hall–Kier alpha value is -1.44. The molecule has 0 spiro atoms. The number of piperidine rings is 1. The van der Waals surface area contributed by atoms with Gasteiger partial charge in [0, 0.05) is 18.2 Å². The van der Waals surface area contributed by atoms with Crippen molar-refractivity contribution in [2.24, 2.45) is 5.92 Å². The summed E-state index contributed by atoms with van der Waals surface area (Å²) >= 11 is 0. The number of hydrogen-bond acceptors (Lipinski definition) is 3. The summed E-state index contributed by atoms with van der Waals surface area (Å²) in [6.07, 6.45) is 5.00. The van der Waals surface area contributed by atoms with Crippen LogP contribution in [0.1, 0.15) is 36.8 Å². The highest BCUT2D eigenvalue weighted by Crippen LogP contribution is 2.26. The first-order chi connectivity index (χ1) is 10.3. The molecular formula is C17H22FN3. The van der Waals surface area contributed by atoms with Crippen LogP contribution in [0.5, 0.6) is 0 Å². The highest BCUT2D eigenvalue weighted by molar-refractivity contribution is 5.33. The molecule has 1 N–H and O–H groups in total. The maximum Gasteiger partial charge on any atom is 0.127 e. The SMILES string of the molecule is N#Cc1ccc(F)c(CN2CCC(C3CCCN3)CC2)c1. The number of halogens is 1. The van der Waals surface area contributed by atoms with Crippen molar-refractivity contribution in [3.05, 3.63) is 35.1 Å². The Balaban J connectivity index is 1.56. The largest absolute Gasteiger partial charge is 0.314 e. The van der Waals surface area contributed by atoms with E-state index in [-0.39, 0.29) is 5.82 Å². The predicted molar refractivity (Wildman–Crippen MR) is 80.1 cm³/mol. The molecule has 2 fully saturated rings. The quantitative estimate of drug-likeness (QED) is 0.929. The van der Waals surface area contributed by atoms with Crippen molar-refractivity contribution in [2.45, 2.75) is 38.3 Å². The standard InChI is InChI=1S/C17H22FN3/c18-16-4-3-13(11-19)10-15(16)12-21-8-5-14(6-9-21)17-2-1-7-20-17/h3-4,10,14,17,20H,1-2,5-9,12H2. The van der Waals surface area contributed by atoms with Crippen molar-refractivity contribution in [3.63, 3.8) is 0 Å². The Morgan fingerprint density at radius 2 is 2.10 bits per heavy atom. The number of nitriles is 1. The van der Waals surface area contributed by atoms with E-state index in [1.807, 2.05) is 0 Å². The third-order valence-electron chi connectivity index (χ3n) is 4.87. The van der Waals surface area contributed by atoms with Gasteiger partial charge in [-0.25, -0.2) is 4.39 Å². The van der Waals surface area contributed by atoms with Gasteiger partial charge in [0.2, 0.25) is 0 Å². The fourth-order valence-electron chi connectivity index (χ4n) is 3.63. The fourth-order valence-corrected chi connectivity index (χ4v) is 3.63. The zero-order valence-corrected chi connectivity index (χ0v) is 12.3. The summed E-state index contributed by atoms with van der Waals surface area (Å²) < 4.78 is 13.8. The van der Waals surface area contributed by atoms with E-state index < -0.39 is 0 Å². The van der Waals surface area contributed by atoms with Crippen LogP contribution in [-0.2, 0) is 6.54 Å². The predicted octanol–water partition coefficient (Wildman–Crippen LogP) is 2.66.